The Kier molecular flexibility index (Phi) is 16.2. The van der Waals surface area contributed by atoms with Crippen LogP contribution in [0, 0.1) is 0 Å². The van der Waals surface area contributed by atoms with Crippen molar-refractivity contribution in [1.82, 2.24) is 16.0 Å². The van der Waals surface area contributed by atoms with Gasteiger partial charge in [-0.2, -0.15) is 0 Å². The highest BCUT2D eigenvalue weighted by molar-refractivity contribution is 5.94. The van der Waals surface area contributed by atoms with Crippen LogP contribution in [0.1, 0.15) is 58.3 Å². The Labute approximate surface area is 204 Å². The molecular formula is C21H40N6O8. The van der Waals surface area contributed by atoms with Crippen molar-refractivity contribution in [3.8, 4) is 0 Å². The first-order valence-corrected chi connectivity index (χ1v) is 11.6. The molecule has 5 unspecified atom stereocenters. The lowest BCUT2D eigenvalue weighted by Crippen LogP contribution is -2.58. The van der Waals surface area contributed by atoms with Crippen LogP contribution in [0.2, 0.25) is 0 Å². The number of aliphatic carboxylic acids is 2. The van der Waals surface area contributed by atoms with Gasteiger partial charge in [0.2, 0.25) is 17.7 Å². The average Bonchev–Trinajstić information content (AvgIpc) is 2.78. The maximum absolute atomic E-state index is 13.0. The lowest BCUT2D eigenvalue weighted by molar-refractivity contribution is -0.145. The van der Waals surface area contributed by atoms with E-state index in [0.29, 0.717) is 45.2 Å². The van der Waals surface area contributed by atoms with Gasteiger partial charge < -0.3 is 48.5 Å². The average molecular weight is 505 g/mol. The molecule has 0 spiro atoms. The van der Waals surface area contributed by atoms with Crippen molar-refractivity contribution in [1.29, 1.82) is 0 Å². The fourth-order valence-electron chi connectivity index (χ4n) is 3.13. The number of carbonyl (C=O) groups excluding carboxylic acids is 3. The maximum atomic E-state index is 13.0. The third-order valence-corrected chi connectivity index (χ3v) is 5.21. The molecule has 0 aliphatic heterocycles. The zero-order valence-corrected chi connectivity index (χ0v) is 20.1. The van der Waals surface area contributed by atoms with E-state index in [-0.39, 0.29) is 12.8 Å². The van der Waals surface area contributed by atoms with Crippen molar-refractivity contribution in [2.24, 2.45) is 17.2 Å². The molecule has 12 N–H and O–H groups in total. The van der Waals surface area contributed by atoms with Gasteiger partial charge in [-0.3, -0.25) is 19.2 Å². The number of aliphatic hydroxyl groups excluding tert-OH is 1. The van der Waals surface area contributed by atoms with Crippen molar-refractivity contribution in [3.05, 3.63) is 0 Å². The number of rotatable bonds is 19. The van der Waals surface area contributed by atoms with Crippen LogP contribution < -0.4 is 33.2 Å². The Morgan fingerprint density at radius 1 is 0.743 bits per heavy atom. The van der Waals surface area contributed by atoms with Gasteiger partial charge in [-0.15, -0.1) is 0 Å². The molecule has 3 amide bonds. The zero-order chi connectivity index (χ0) is 27.0. The Morgan fingerprint density at radius 2 is 1.23 bits per heavy atom. The molecule has 0 radical (unpaired) electrons. The van der Waals surface area contributed by atoms with E-state index in [4.69, 9.17) is 22.3 Å². The van der Waals surface area contributed by atoms with E-state index < -0.39 is 66.4 Å². The van der Waals surface area contributed by atoms with Crippen molar-refractivity contribution in [2.45, 2.75) is 88.6 Å². The number of aliphatic hydroxyl groups is 1. The molecule has 14 heteroatoms. The molecule has 0 fully saturated rings. The highest BCUT2D eigenvalue weighted by Crippen LogP contribution is 2.07. The first kappa shape index (κ1) is 32.2. The second-order valence-electron chi connectivity index (χ2n) is 8.30. The molecule has 5 atom stereocenters. The molecule has 202 valence electrons. The van der Waals surface area contributed by atoms with Gasteiger partial charge >= 0.3 is 11.9 Å². The van der Waals surface area contributed by atoms with Gasteiger partial charge in [0, 0.05) is 6.42 Å². The van der Waals surface area contributed by atoms with Gasteiger partial charge in [0.1, 0.15) is 12.1 Å². The molecule has 0 aromatic carbocycles. The summed E-state index contributed by atoms with van der Waals surface area (Å²) in [6.07, 6.45) is 0.611. The fourth-order valence-corrected chi connectivity index (χ4v) is 3.13. The molecule has 35 heavy (non-hydrogen) atoms. The lowest BCUT2D eigenvalue weighted by atomic mass is 10.0. The number of carboxylic acids is 2. The topological polar surface area (TPSA) is 260 Å². The normalized spacial score (nSPS) is 15.2. The van der Waals surface area contributed by atoms with E-state index >= 15 is 0 Å². The number of carboxylic acid groups (broad SMARTS) is 2. The summed E-state index contributed by atoms with van der Waals surface area (Å²) in [6.45, 7) is 1.97. The Morgan fingerprint density at radius 3 is 1.71 bits per heavy atom. The molecule has 0 aromatic rings. The molecule has 0 heterocycles. The van der Waals surface area contributed by atoms with E-state index in [2.05, 4.69) is 16.0 Å². The number of amides is 3. The van der Waals surface area contributed by atoms with Crippen molar-refractivity contribution < 1.29 is 39.3 Å². The minimum absolute atomic E-state index is 0.184. The summed E-state index contributed by atoms with van der Waals surface area (Å²) in [5.74, 6) is -5.07. The second-order valence-corrected chi connectivity index (χ2v) is 8.30. The van der Waals surface area contributed by atoms with Gasteiger partial charge in [0.25, 0.3) is 0 Å². The molecular weight excluding hydrogens is 464 g/mol. The van der Waals surface area contributed by atoms with E-state index in [1.54, 1.807) is 0 Å². The highest BCUT2D eigenvalue weighted by atomic mass is 16.4. The molecule has 0 bridgehead atoms. The van der Waals surface area contributed by atoms with E-state index in [1.807, 2.05) is 0 Å². The summed E-state index contributed by atoms with van der Waals surface area (Å²) < 4.78 is 0. The largest absolute Gasteiger partial charge is 0.481 e. The smallest absolute Gasteiger partial charge is 0.328 e. The second kappa shape index (κ2) is 17.6. The molecule has 0 aliphatic carbocycles. The van der Waals surface area contributed by atoms with E-state index in [0.717, 1.165) is 6.92 Å². The van der Waals surface area contributed by atoms with Gasteiger partial charge in [0.05, 0.1) is 12.1 Å². The third kappa shape index (κ3) is 13.6. The first-order chi connectivity index (χ1) is 16.4. The molecule has 0 saturated carbocycles. The number of hydrogen-bond donors (Lipinski definition) is 9. The van der Waals surface area contributed by atoms with Crippen LogP contribution >= 0.6 is 0 Å². The van der Waals surface area contributed by atoms with Crippen molar-refractivity contribution in [3.63, 3.8) is 0 Å². The van der Waals surface area contributed by atoms with Crippen LogP contribution in [-0.4, -0.2) is 88.3 Å². The number of nitrogens with one attached hydrogen (secondary N) is 3. The maximum Gasteiger partial charge on any atom is 0.328 e. The van der Waals surface area contributed by atoms with E-state index in [9.17, 15) is 34.2 Å². The summed E-state index contributed by atoms with van der Waals surface area (Å²) in [5, 5.41) is 34.8. The summed E-state index contributed by atoms with van der Waals surface area (Å²) in [7, 11) is 0. The Bertz CT molecular complexity index is 705. The third-order valence-electron chi connectivity index (χ3n) is 5.21. The van der Waals surface area contributed by atoms with Crippen LogP contribution in [0.5, 0.6) is 0 Å². The number of carbonyl (C=O) groups is 5. The molecule has 0 aromatic heterocycles. The Balaban J connectivity index is 5.50. The SMILES string of the molecule is CC(O)C(NC(=O)C(CCC(=O)O)NC(=O)C(CCCCN)NC(=O)C(N)CCCCN)C(=O)O. The minimum Gasteiger partial charge on any atom is -0.481 e. The van der Waals surface area contributed by atoms with Crippen molar-refractivity contribution >= 4 is 29.7 Å². The van der Waals surface area contributed by atoms with Crippen LogP contribution in [0.3, 0.4) is 0 Å². The first-order valence-electron chi connectivity index (χ1n) is 11.6. The predicted molar refractivity (Wildman–Crippen MR) is 126 cm³/mol. The summed E-state index contributed by atoms with van der Waals surface area (Å²) in [4.78, 5) is 60.4. The van der Waals surface area contributed by atoms with Crippen LogP contribution in [0.4, 0.5) is 0 Å². The highest BCUT2D eigenvalue weighted by Gasteiger charge is 2.32. The van der Waals surface area contributed by atoms with Crippen LogP contribution in [0.15, 0.2) is 0 Å². The lowest BCUT2D eigenvalue weighted by Gasteiger charge is -2.25. The summed E-state index contributed by atoms with van der Waals surface area (Å²) >= 11 is 0. The van der Waals surface area contributed by atoms with E-state index in [1.165, 1.54) is 0 Å². The summed E-state index contributed by atoms with van der Waals surface area (Å²) in [6, 6.07) is -5.05. The number of unbranched alkanes of at least 4 members (excludes halogenated alkanes) is 2. The molecule has 0 saturated heterocycles. The fraction of sp³-hybridized carbons (Fsp3) is 0.762. The van der Waals surface area contributed by atoms with Crippen molar-refractivity contribution in [2.75, 3.05) is 13.1 Å². The number of hydrogen-bond acceptors (Lipinski definition) is 9. The molecule has 14 nitrogen and oxygen atoms in total. The zero-order valence-electron chi connectivity index (χ0n) is 20.1. The minimum atomic E-state index is -1.67. The molecule has 0 rings (SSSR count). The summed E-state index contributed by atoms with van der Waals surface area (Å²) in [5.41, 5.74) is 16.8. The van der Waals surface area contributed by atoms with Gasteiger partial charge in [-0.1, -0.05) is 6.42 Å². The van der Waals surface area contributed by atoms with Crippen LogP contribution in [0.25, 0.3) is 0 Å². The van der Waals surface area contributed by atoms with Gasteiger partial charge in [0.15, 0.2) is 6.04 Å². The monoisotopic (exact) mass is 504 g/mol. The van der Waals surface area contributed by atoms with Gasteiger partial charge in [-0.25, -0.2) is 4.79 Å². The number of nitrogens with two attached hydrogens (primary N) is 3. The molecule has 0 aliphatic rings. The standard InChI is InChI=1S/C21H40N6O8/c1-12(28)17(21(34)35)27-20(33)15(8-9-16(29)30)26-19(32)14(7-3-5-11-23)25-18(31)13(24)6-2-4-10-22/h12-15,17,28H,2-11,22-24H2,1H3,(H,25,31)(H,26,32)(H,27,33)(H,29,30)(H,34,35). The predicted octanol–water partition coefficient (Wildman–Crippen LogP) is -2.64. The Hall–Kier alpha value is -2.81. The quantitative estimate of drug-likeness (QED) is 0.0820. The van der Waals surface area contributed by atoms with Gasteiger partial charge in [-0.05, 0) is 58.5 Å². The van der Waals surface area contributed by atoms with Crippen LogP contribution in [-0.2, 0) is 24.0 Å².